The molecule has 0 unspecified atom stereocenters. The molecule has 0 bridgehead atoms. The number of rotatable bonds is 17. The van der Waals surface area contributed by atoms with Crippen LogP contribution in [-0.2, 0) is 30.5 Å². The quantitative estimate of drug-likeness (QED) is 0.0603. The summed E-state index contributed by atoms with van der Waals surface area (Å²) < 4.78 is 27.5. The zero-order valence-electron chi connectivity index (χ0n) is 39.8. The van der Waals surface area contributed by atoms with E-state index in [1.165, 1.54) is 32.9 Å². The fourth-order valence-electron chi connectivity index (χ4n) is 8.42. The summed E-state index contributed by atoms with van der Waals surface area (Å²) in [5, 5.41) is 25.8. The third-order valence-electron chi connectivity index (χ3n) is 12.3. The van der Waals surface area contributed by atoms with Gasteiger partial charge in [0.15, 0.2) is 5.11 Å². The van der Waals surface area contributed by atoms with E-state index in [4.69, 9.17) is 33.3 Å². The third-order valence-corrected chi connectivity index (χ3v) is 13.9. The molecular weight excluding hydrogens is 953 g/mol. The Bertz CT molecular complexity index is 2810. The third kappa shape index (κ3) is 11.5. The van der Waals surface area contributed by atoms with Gasteiger partial charge in [0.05, 0.1) is 50.8 Å². The molecule has 0 spiro atoms. The Morgan fingerprint density at radius 3 is 2.34 bits per heavy atom. The summed E-state index contributed by atoms with van der Waals surface area (Å²) in [4.78, 5) is 63.7. The second-order valence-corrected chi connectivity index (χ2v) is 20.5. The number of thiocarbonyl (C=S) groups is 1. The largest absolute Gasteiger partial charge is 0.494 e. The van der Waals surface area contributed by atoms with Gasteiger partial charge < -0.3 is 35.0 Å². The molecule has 4 amide bonds. The highest BCUT2D eigenvalue weighted by atomic mass is 35.5. The van der Waals surface area contributed by atoms with Crippen molar-refractivity contribution < 1.29 is 38.1 Å². The second-order valence-electron chi connectivity index (χ2n) is 18.8. The molecule has 2 saturated heterocycles. The lowest BCUT2D eigenvalue weighted by atomic mass is 9.85. The number of carbonyl (C=O) groups excluding carboxylic acids is 4. The summed E-state index contributed by atoms with van der Waals surface area (Å²) in [6.45, 7) is 11.3. The number of aliphatic hydroxyl groups excluding tert-OH is 1. The van der Waals surface area contributed by atoms with Crippen molar-refractivity contribution in [1.82, 2.24) is 20.5 Å². The number of nitrogens with one attached hydrogen (secondary N) is 2. The normalized spacial score (nSPS) is 17.1. The zero-order chi connectivity index (χ0) is 50.5. The van der Waals surface area contributed by atoms with Crippen molar-refractivity contribution >= 4 is 75.3 Å². The summed E-state index contributed by atoms with van der Waals surface area (Å²) >= 11 is 13.5. The fourth-order valence-corrected chi connectivity index (χ4v) is 9.96. The molecule has 14 nitrogen and oxygen atoms in total. The number of β-amino-alcohol motifs (C(OH)–C–C–N with tert-alkyl or cyclic N) is 1. The van der Waals surface area contributed by atoms with E-state index in [9.17, 15) is 29.5 Å². The van der Waals surface area contributed by atoms with Gasteiger partial charge in [0.1, 0.15) is 41.9 Å². The number of nitrogens with zero attached hydrogens (tertiary/aromatic N) is 5. The van der Waals surface area contributed by atoms with Crippen molar-refractivity contribution in [2.24, 2.45) is 5.41 Å². The van der Waals surface area contributed by atoms with E-state index in [-0.39, 0.29) is 65.9 Å². The van der Waals surface area contributed by atoms with Gasteiger partial charge >= 0.3 is 0 Å². The van der Waals surface area contributed by atoms with Gasteiger partial charge in [-0.05, 0) is 116 Å². The first-order valence-corrected chi connectivity index (χ1v) is 24.5. The lowest BCUT2D eigenvalue weighted by Crippen LogP contribution is -2.58. The highest BCUT2D eigenvalue weighted by Gasteiger charge is 2.51. The van der Waals surface area contributed by atoms with Crippen LogP contribution < -0.4 is 25.2 Å². The van der Waals surface area contributed by atoms with Gasteiger partial charge in [-0.15, -0.1) is 11.3 Å². The summed E-state index contributed by atoms with van der Waals surface area (Å²) in [5.41, 5.74) is 4.86. The van der Waals surface area contributed by atoms with E-state index in [0.717, 1.165) is 27.3 Å². The van der Waals surface area contributed by atoms with Crippen LogP contribution in [0.1, 0.15) is 70.7 Å². The van der Waals surface area contributed by atoms with Crippen LogP contribution in [0.15, 0.2) is 90.4 Å². The summed E-state index contributed by atoms with van der Waals surface area (Å²) in [5.74, 6) is -1.65. The van der Waals surface area contributed by atoms with Crippen LogP contribution in [0.2, 0.25) is 5.02 Å². The van der Waals surface area contributed by atoms with Gasteiger partial charge in [0.25, 0.3) is 5.91 Å². The van der Waals surface area contributed by atoms with Crippen molar-refractivity contribution in [2.75, 3.05) is 36.2 Å². The Morgan fingerprint density at radius 1 is 1.01 bits per heavy atom. The number of unbranched alkanes of at least 4 members (excludes halogenated alkanes) is 1. The average molecular weight is 1010 g/mol. The summed E-state index contributed by atoms with van der Waals surface area (Å²) in [7, 11) is 0. The first-order valence-electron chi connectivity index (χ1n) is 22.8. The van der Waals surface area contributed by atoms with Crippen LogP contribution in [0.4, 0.5) is 15.8 Å². The fraction of sp³-hybridized carbons (Fsp3) is 0.365. The number of benzene rings is 4. The maximum Gasteiger partial charge on any atom is 0.259 e. The number of aromatic nitrogens is 1. The molecule has 3 N–H and O–H groups in total. The predicted molar refractivity (Wildman–Crippen MR) is 272 cm³/mol. The first kappa shape index (κ1) is 51.6. The van der Waals surface area contributed by atoms with Crippen LogP contribution in [0.25, 0.3) is 21.6 Å². The number of hydrogen-bond donors (Lipinski definition) is 3. The number of aliphatic hydroxyl groups is 1. The summed E-state index contributed by atoms with van der Waals surface area (Å²) in [6.07, 6.45) is 0.423. The molecule has 1 aromatic heterocycles. The average Bonchev–Trinajstić information content (AvgIpc) is 3.99. The van der Waals surface area contributed by atoms with Crippen molar-refractivity contribution in [3.63, 3.8) is 0 Å². The topological polar surface area (TPSA) is 177 Å². The van der Waals surface area contributed by atoms with Crippen molar-refractivity contribution in [2.45, 2.75) is 91.1 Å². The van der Waals surface area contributed by atoms with Crippen molar-refractivity contribution in [3.05, 3.63) is 118 Å². The van der Waals surface area contributed by atoms with Crippen LogP contribution in [0, 0.1) is 29.5 Å². The molecular formula is C52H55ClFN7O7S2. The van der Waals surface area contributed by atoms with Gasteiger partial charge in [-0.3, -0.25) is 24.1 Å². The molecule has 18 heteroatoms. The van der Waals surface area contributed by atoms with Crippen molar-refractivity contribution in [1.29, 1.82) is 5.26 Å². The van der Waals surface area contributed by atoms with E-state index in [2.05, 4.69) is 15.6 Å². The Kier molecular flexibility index (Phi) is 16.0. The molecule has 7 rings (SSSR count). The molecule has 5 aromatic rings. The van der Waals surface area contributed by atoms with E-state index in [0.29, 0.717) is 36.4 Å². The van der Waals surface area contributed by atoms with E-state index < -0.39 is 46.8 Å². The van der Waals surface area contributed by atoms with Gasteiger partial charge in [0.2, 0.25) is 17.7 Å². The second kappa shape index (κ2) is 21.8. The van der Waals surface area contributed by atoms with Crippen LogP contribution in [0.3, 0.4) is 0 Å². The molecule has 0 radical (unpaired) electrons. The highest BCUT2D eigenvalue weighted by molar-refractivity contribution is 7.81. The number of halogens is 2. The molecule has 0 saturated carbocycles. The van der Waals surface area contributed by atoms with Gasteiger partial charge in [0, 0.05) is 26.1 Å². The van der Waals surface area contributed by atoms with E-state index in [1.54, 1.807) is 61.0 Å². The SMILES string of the molecule is Cc1ncsc1-c1ccc(CNC(=O)[C@@H]2C[C@@H](O)CN2C(=O)[C@@H](NC(=O)COCCCCOc2ccc(-c3ccc(N4C(=S)N(c5ccc(C#N)c(Cl)c5)C(=O)C4(C)C)c(F)c3)cc2)C(C)(C)C)cc1. The van der Waals surface area contributed by atoms with Gasteiger partial charge in [-0.2, -0.15) is 5.26 Å². The van der Waals surface area contributed by atoms with Crippen LogP contribution in [0.5, 0.6) is 5.75 Å². The van der Waals surface area contributed by atoms with Gasteiger partial charge in [-0.25, -0.2) is 9.37 Å². The lowest BCUT2D eigenvalue weighted by Gasteiger charge is -2.35. The minimum atomic E-state index is -1.22. The molecule has 3 atom stereocenters. The zero-order valence-corrected chi connectivity index (χ0v) is 42.1. The highest BCUT2D eigenvalue weighted by Crippen LogP contribution is 2.40. The number of anilines is 2. The first-order chi connectivity index (χ1) is 33.3. The number of hydrogen-bond acceptors (Lipinski definition) is 11. The Morgan fingerprint density at radius 2 is 1.70 bits per heavy atom. The number of amides is 4. The maximum atomic E-state index is 15.9. The molecule has 4 aromatic carbocycles. The molecule has 2 aliphatic rings. The Hall–Kier alpha value is -6.29. The molecule has 2 aliphatic heterocycles. The minimum absolute atomic E-state index is 0.0300. The number of nitriles is 1. The lowest BCUT2D eigenvalue weighted by molar-refractivity contribution is -0.144. The molecule has 3 heterocycles. The number of likely N-dealkylation sites (tertiary alicyclic amines) is 1. The standard InChI is InChI=1S/C52H55ClFN7O7S2/c1-31-45(70-30-57-31)34-11-9-32(10-12-34)27-56-47(64)43-25-38(62)28-59(43)48(65)46(51(2,3)4)58-44(63)29-67-21-7-8-22-68-39-18-14-33(15-19-39)35-16-20-42(41(54)23-35)61-50(69)60(49(66)52(61,5)6)37-17-13-36(26-55)40(53)24-37/h9-20,23-24,30,38,43,46,62H,7-8,21-22,25,27-29H2,1-6H3,(H,56,64)(H,58,63)/t38-,43+,46-/m1/s1. The number of carbonyl (C=O) groups is 4. The molecule has 366 valence electrons. The Balaban J connectivity index is 0.843. The van der Waals surface area contributed by atoms with Crippen molar-refractivity contribution in [3.8, 4) is 33.4 Å². The van der Waals surface area contributed by atoms with E-state index in [1.807, 2.05) is 70.2 Å². The summed E-state index contributed by atoms with van der Waals surface area (Å²) in [6, 6.07) is 24.5. The molecule has 70 heavy (non-hydrogen) atoms. The van der Waals surface area contributed by atoms with Crippen LogP contribution >= 0.6 is 35.2 Å². The maximum absolute atomic E-state index is 15.9. The Labute approximate surface area is 421 Å². The smallest absolute Gasteiger partial charge is 0.259 e. The van der Waals surface area contributed by atoms with Crippen LogP contribution in [-0.4, -0.2) is 93.8 Å². The number of thiazole rings is 1. The minimum Gasteiger partial charge on any atom is -0.494 e. The number of aryl methyl sites for hydroxylation is 1. The predicted octanol–water partition coefficient (Wildman–Crippen LogP) is 8.35. The molecule has 0 aliphatic carbocycles. The number of ether oxygens (including phenoxy) is 2. The van der Waals surface area contributed by atoms with Gasteiger partial charge in [-0.1, -0.05) is 74.8 Å². The molecule has 2 fully saturated rings. The monoisotopic (exact) mass is 1010 g/mol. The van der Waals surface area contributed by atoms with E-state index >= 15 is 4.39 Å².